The van der Waals surface area contributed by atoms with Crippen molar-refractivity contribution in [1.29, 1.82) is 0 Å². The first kappa shape index (κ1) is 15.6. The first-order chi connectivity index (χ1) is 10.5. The number of aryl methyl sites for hydroxylation is 1. The molecular weight excluding hydrogens is 286 g/mol. The van der Waals surface area contributed by atoms with Crippen molar-refractivity contribution in [2.45, 2.75) is 19.4 Å². The molecule has 0 bridgehead atoms. The Bertz CT molecular complexity index is 665. The van der Waals surface area contributed by atoms with Crippen LogP contribution in [0, 0.1) is 6.92 Å². The minimum atomic E-state index is -0.830. The average molecular weight is 303 g/mol. The molecule has 1 aromatic heterocycles. The molecule has 8 nitrogen and oxygen atoms in total. The predicted octanol–water partition coefficient (Wildman–Crippen LogP) is 0.467. The zero-order chi connectivity index (χ0) is 16.1. The lowest BCUT2D eigenvalue weighted by atomic mass is 10.1. The van der Waals surface area contributed by atoms with E-state index in [4.69, 9.17) is 5.73 Å². The topological polar surface area (TPSA) is 123 Å². The summed E-state index contributed by atoms with van der Waals surface area (Å²) in [5.74, 6) is -0.532. The van der Waals surface area contributed by atoms with Crippen LogP contribution in [-0.2, 0) is 20.7 Å². The molecule has 2 rings (SSSR count). The van der Waals surface area contributed by atoms with Gasteiger partial charge in [-0.15, -0.1) is 5.10 Å². The van der Waals surface area contributed by atoms with E-state index in [1.807, 2.05) is 19.1 Å². The first-order valence-corrected chi connectivity index (χ1v) is 6.60. The number of ether oxygens (including phenoxy) is 1. The molecule has 0 aliphatic heterocycles. The van der Waals surface area contributed by atoms with Crippen LogP contribution in [0.3, 0.4) is 0 Å². The smallest absolute Gasteiger partial charge is 0.313 e. The van der Waals surface area contributed by atoms with Crippen molar-refractivity contribution in [2.24, 2.45) is 5.73 Å². The molecule has 1 aromatic carbocycles. The van der Waals surface area contributed by atoms with Gasteiger partial charge in [-0.3, -0.25) is 20.0 Å². The standard InChI is InChI=1S/C14H17N5O3/c1-8-3-5-9(6-4-8)12(15)13(21)17-14-16-10(18-19-14)7-11(20)22-2/h3-6,12H,7,15H2,1-2H3,(H2,16,17,18,19,21). The van der Waals surface area contributed by atoms with Crippen molar-refractivity contribution in [2.75, 3.05) is 12.4 Å². The fourth-order valence-electron chi connectivity index (χ4n) is 1.75. The minimum Gasteiger partial charge on any atom is -0.469 e. The van der Waals surface area contributed by atoms with E-state index in [9.17, 15) is 9.59 Å². The number of methoxy groups -OCH3 is 1. The van der Waals surface area contributed by atoms with E-state index >= 15 is 0 Å². The minimum absolute atomic E-state index is 0.0522. The van der Waals surface area contributed by atoms with Gasteiger partial charge in [0.25, 0.3) is 0 Å². The lowest BCUT2D eigenvalue weighted by molar-refractivity contribution is -0.139. The Labute approximate surface area is 127 Å². The molecule has 116 valence electrons. The molecule has 1 unspecified atom stereocenters. The molecule has 0 spiro atoms. The van der Waals surface area contributed by atoms with Crippen LogP contribution in [0.4, 0.5) is 5.95 Å². The second kappa shape index (κ2) is 6.81. The van der Waals surface area contributed by atoms with E-state index < -0.39 is 17.9 Å². The normalized spacial score (nSPS) is 11.8. The van der Waals surface area contributed by atoms with Crippen molar-refractivity contribution in [3.63, 3.8) is 0 Å². The van der Waals surface area contributed by atoms with Crippen LogP contribution in [0.2, 0.25) is 0 Å². The van der Waals surface area contributed by atoms with Gasteiger partial charge in [0, 0.05) is 0 Å². The Morgan fingerprint density at radius 3 is 2.68 bits per heavy atom. The molecule has 1 atom stereocenters. The maximum Gasteiger partial charge on any atom is 0.313 e. The molecule has 0 saturated heterocycles. The summed E-state index contributed by atoms with van der Waals surface area (Å²) in [6.45, 7) is 1.95. The van der Waals surface area contributed by atoms with Gasteiger partial charge in [-0.25, -0.2) is 0 Å². The number of nitrogens with two attached hydrogens (primary N) is 1. The highest BCUT2D eigenvalue weighted by Crippen LogP contribution is 2.13. The summed E-state index contributed by atoms with van der Waals surface area (Å²) in [5, 5.41) is 8.84. The maximum atomic E-state index is 12.1. The Morgan fingerprint density at radius 1 is 1.36 bits per heavy atom. The molecule has 0 aliphatic rings. The van der Waals surface area contributed by atoms with Crippen LogP contribution in [-0.4, -0.2) is 34.2 Å². The highest BCUT2D eigenvalue weighted by Gasteiger charge is 2.18. The zero-order valence-corrected chi connectivity index (χ0v) is 12.3. The molecule has 8 heteroatoms. The van der Waals surface area contributed by atoms with Gasteiger partial charge in [0.15, 0.2) is 0 Å². The average Bonchev–Trinajstić information content (AvgIpc) is 2.94. The second-order valence-electron chi connectivity index (χ2n) is 4.74. The number of aromatic nitrogens is 3. The largest absolute Gasteiger partial charge is 0.469 e. The Morgan fingerprint density at radius 2 is 2.05 bits per heavy atom. The number of benzene rings is 1. The van der Waals surface area contributed by atoms with Gasteiger partial charge in [-0.05, 0) is 12.5 Å². The molecule has 2 aromatic rings. The summed E-state index contributed by atoms with van der Waals surface area (Å²) in [4.78, 5) is 27.2. The van der Waals surface area contributed by atoms with E-state index in [-0.39, 0.29) is 12.4 Å². The fourth-order valence-corrected chi connectivity index (χ4v) is 1.75. The number of hydrogen-bond acceptors (Lipinski definition) is 6. The van der Waals surface area contributed by atoms with Crippen LogP contribution in [0.5, 0.6) is 0 Å². The number of nitrogens with one attached hydrogen (secondary N) is 2. The Kier molecular flexibility index (Phi) is 4.84. The molecular formula is C14H17N5O3. The van der Waals surface area contributed by atoms with E-state index in [0.29, 0.717) is 11.4 Å². The molecule has 0 radical (unpaired) electrons. The molecule has 1 heterocycles. The van der Waals surface area contributed by atoms with Gasteiger partial charge in [0.05, 0.1) is 7.11 Å². The maximum absolute atomic E-state index is 12.1. The monoisotopic (exact) mass is 303 g/mol. The Hall–Kier alpha value is -2.74. The number of carbonyl (C=O) groups is 2. The van der Waals surface area contributed by atoms with Gasteiger partial charge >= 0.3 is 5.97 Å². The van der Waals surface area contributed by atoms with Crippen molar-refractivity contribution >= 4 is 17.8 Å². The number of amides is 1. The molecule has 0 fully saturated rings. The molecule has 1 amide bonds. The summed E-state index contributed by atoms with van der Waals surface area (Å²) in [6.07, 6.45) is -0.0522. The fraction of sp³-hybridized carbons (Fsp3) is 0.286. The van der Waals surface area contributed by atoms with Crippen molar-refractivity contribution in [3.8, 4) is 0 Å². The number of aromatic amines is 1. The third kappa shape index (κ3) is 3.89. The van der Waals surface area contributed by atoms with Crippen molar-refractivity contribution in [1.82, 2.24) is 15.2 Å². The van der Waals surface area contributed by atoms with Crippen molar-refractivity contribution in [3.05, 3.63) is 41.2 Å². The van der Waals surface area contributed by atoms with Crippen molar-refractivity contribution < 1.29 is 14.3 Å². The van der Waals surface area contributed by atoms with E-state index in [2.05, 4.69) is 25.2 Å². The number of hydrogen-bond donors (Lipinski definition) is 3. The molecule has 0 aliphatic carbocycles. The van der Waals surface area contributed by atoms with Crippen LogP contribution in [0.15, 0.2) is 24.3 Å². The molecule has 22 heavy (non-hydrogen) atoms. The van der Waals surface area contributed by atoms with Gasteiger partial charge in [0.2, 0.25) is 11.9 Å². The highest BCUT2D eigenvalue weighted by atomic mass is 16.5. The first-order valence-electron chi connectivity index (χ1n) is 6.60. The van der Waals surface area contributed by atoms with E-state index in [0.717, 1.165) is 5.56 Å². The summed E-state index contributed by atoms with van der Waals surface area (Å²) in [7, 11) is 1.28. The van der Waals surface area contributed by atoms with Crippen LogP contribution >= 0.6 is 0 Å². The van der Waals surface area contributed by atoms with Gasteiger partial charge in [-0.2, -0.15) is 4.98 Å². The molecule has 0 saturated carbocycles. The SMILES string of the molecule is COC(=O)Cc1nc(NC(=O)C(N)c2ccc(C)cc2)n[nH]1. The van der Waals surface area contributed by atoms with E-state index in [1.165, 1.54) is 7.11 Å². The highest BCUT2D eigenvalue weighted by molar-refractivity contribution is 5.94. The molecule has 4 N–H and O–H groups in total. The van der Waals surface area contributed by atoms with Crippen LogP contribution in [0.25, 0.3) is 0 Å². The van der Waals surface area contributed by atoms with Crippen LogP contribution in [0.1, 0.15) is 23.0 Å². The summed E-state index contributed by atoms with van der Waals surface area (Å²) in [5.41, 5.74) is 7.66. The summed E-state index contributed by atoms with van der Waals surface area (Å²) in [6, 6.07) is 6.51. The van der Waals surface area contributed by atoms with Gasteiger partial charge in [0.1, 0.15) is 18.3 Å². The number of H-pyrrole nitrogens is 1. The third-order valence-corrected chi connectivity index (χ3v) is 3.03. The summed E-state index contributed by atoms with van der Waals surface area (Å²) < 4.78 is 4.52. The van der Waals surface area contributed by atoms with Crippen LogP contribution < -0.4 is 11.1 Å². The Balaban J connectivity index is 1.99. The number of carbonyl (C=O) groups excluding carboxylic acids is 2. The lowest BCUT2D eigenvalue weighted by Gasteiger charge is -2.10. The summed E-state index contributed by atoms with van der Waals surface area (Å²) >= 11 is 0. The zero-order valence-electron chi connectivity index (χ0n) is 12.3. The predicted molar refractivity (Wildman–Crippen MR) is 78.8 cm³/mol. The number of anilines is 1. The number of nitrogens with zero attached hydrogens (tertiary/aromatic N) is 2. The van der Waals surface area contributed by atoms with Gasteiger partial charge in [-0.1, -0.05) is 29.8 Å². The number of rotatable bonds is 5. The van der Waals surface area contributed by atoms with Gasteiger partial charge < -0.3 is 10.5 Å². The third-order valence-electron chi connectivity index (χ3n) is 3.03. The second-order valence-corrected chi connectivity index (χ2v) is 4.74. The lowest BCUT2D eigenvalue weighted by Crippen LogP contribution is -2.28. The quantitative estimate of drug-likeness (QED) is 0.690. The number of esters is 1. The van der Waals surface area contributed by atoms with E-state index in [1.54, 1.807) is 12.1 Å².